The predicted octanol–water partition coefficient (Wildman–Crippen LogP) is 2.53. The maximum atomic E-state index is 13.1. The molecule has 0 radical (unpaired) electrons. The molecular weight excluding hydrogens is 195 g/mol. The van der Waals surface area contributed by atoms with Gasteiger partial charge in [0.2, 0.25) is 6.17 Å². The number of benzene rings is 1. The molecule has 1 aliphatic rings. The second-order valence-electron chi connectivity index (χ2n) is 3.98. The summed E-state index contributed by atoms with van der Waals surface area (Å²) in [6.45, 7) is 0. The van der Waals surface area contributed by atoms with Gasteiger partial charge in [-0.2, -0.15) is 0 Å². The van der Waals surface area contributed by atoms with Crippen molar-refractivity contribution in [2.75, 3.05) is 0 Å². The number of aliphatic carboxylic acids is 1. The van der Waals surface area contributed by atoms with Crippen LogP contribution in [-0.4, -0.2) is 17.2 Å². The number of carboxylic acid groups (broad SMARTS) is 1. The average Bonchev–Trinajstić information content (AvgIpc) is 3.02. The van der Waals surface area contributed by atoms with Gasteiger partial charge in [0.1, 0.15) is 0 Å². The summed E-state index contributed by atoms with van der Waals surface area (Å²) < 4.78 is 13.1. The Balaban J connectivity index is 2.16. The Hall–Kier alpha value is -1.38. The van der Waals surface area contributed by atoms with Crippen LogP contribution in [0.2, 0.25) is 0 Å². The molecular formula is C12H13FO2. The monoisotopic (exact) mass is 208 g/mol. The van der Waals surface area contributed by atoms with Gasteiger partial charge in [-0.15, -0.1) is 0 Å². The molecule has 2 nitrogen and oxygen atoms in total. The molecule has 1 aromatic rings. The lowest BCUT2D eigenvalue weighted by molar-refractivity contribution is -0.142. The SMILES string of the molecule is O=C(O)C(F)Cc1ccccc1C1CC1. The number of rotatable bonds is 4. The summed E-state index contributed by atoms with van der Waals surface area (Å²) in [6.07, 6.45) is 0.481. The van der Waals surface area contributed by atoms with Gasteiger partial charge in [0.05, 0.1) is 0 Å². The van der Waals surface area contributed by atoms with E-state index >= 15 is 0 Å². The lowest BCUT2D eigenvalue weighted by atomic mass is 9.99. The highest BCUT2D eigenvalue weighted by molar-refractivity contribution is 5.72. The molecule has 0 aliphatic heterocycles. The number of carboxylic acids is 1. The summed E-state index contributed by atoms with van der Waals surface area (Å²) in [7, 11) is 0. The van der Waals surface area contributed by atoms with Crippen LogP contribution in [0, 0.1) is 0 Å². The summed E-state index contributed by atoms with van der Waals surface area (Å²) in [4.78, 5) is 10.4. The van der Waals surface area contributed by atoms with Gasteiger partial charge < -0.3 is 5.11 Å². The first-order valence-electron chi connectivity index (χ1n) is 5.13. The summed E-state index contributed by atoms with van der Waals surface area (Å²) in [6, 6.07) is 7.55. The van der Waals surface area contributed by atoms with E-state index in [1.54, 1.807) is 0 Å². The lowest BCUT2D eigenvalue weighted by Gasteiger charge is -2.09. The van der Waals surface area contributed by atoms with Crippen LogP contribution in [0.4, 0.5) is 4.39 Å². The topological polar surface area (TPSA) is 37.3 Å². The average molecular weight is 208 g/mol. The molecule has 2 rings (SSSR count). The van der Waals surface area contributed by atoms with Crippen molar-refractivity contribution in [1.29, 1.82) is 0 Å². The van der Waals surface area contributed by atoms with E-state index < -0.39 is 12.1 Å². The largest absolute Gasteiger partial charge is 0.479 e. The normalized spacial score (nSPS) is 17.4. The zero-order valence-corrected chi connectivity index (χ0v) is 8.32. The number of hydrogen-bond acceptors (Lipinski definition) is 1. The molecule has 80 valence electrons. The van der Waals surface area contributed by atoms with E-state index in [2.05, 4.69) is 0 Å². The molecule has 1 fully saturated rings. The highest BCUT2D eigenvalue weighted by Crippen LogP contribution is 2.41. The second kappa shape index (κ2) is 4.01. The van der Waals surface area contributed by atoms with Gasteiger partial charge in [0.25, 0.3) is 0 Å². The van der Waals surface area contributed by atoms with Crippen LogP contribution >= 0.6 is 0 Å². The van der Waals surface area contributed by atoms with Crippen molar-refractivity contribution < 1.29 is 14.3 Å². The van der Waals surface area contributed by atoms with Crippen LogP contribution in [0.3, 0.4) is 0 Å². The minimum atomic E-state index is -1.79. The minimum Gasteiger partial charge on any atom is -0.479 e. The summed E-state index contributed by atoms with van der Waals surface area (Å²) in [5, 5.41) is 8.51. The molecule has 0 aromatic heterocycles. The molecule has 0 bridgehead atoms. The third-order valence-corrected chi connectivity index (χ3v) is 2.74. The maximum absolute atomic E-state index is 13.1. The van der Waals surface area contributed by atoms with Crippen molar-refractivity contribution in [3.63, 3.8) is 0 Å². The number of hydrogen-bond donors (Lipinski definition) is 1. The molecule has 0 spiro atoms. The van der Waals surface area contributed by atoms with Gasteiger partial charge in [0, 0.05) is 6.42 Å². The van der Waals surface area contributed by atoms with Crippen LogP contribution in [-0.2, 0) is 11.2 Å². The molecule has 0 amide bonds. The van der Waals surface area contributed by atoms with E-state index in [9.17, 15) is 9.18 Å². The molecule has 1 unspecified atom stereocenters. The second-order valence-corrected chi connectivity index (χ2v) is 3.98. The fraction of sp³-hybridized carbons (Fsp3) is 0.417. The summed E-state index contributed by atoms with van der Waals surface area (Å²) in [5.41, 5.74) is 1.97. The first-order chi connectivity index (χ1) is 7.18. The van der Waals surface area contributed by atoms with Crippen molar-refractivity contribution in [1.82, 2.24) is 0 Å². The summed E-state index contributed by atoms with van der Waals surface area (Å²) >= 11 is 0. The molecule has 0 saturated heterocycles. The standard InChI is InChI=1S/C12H13FO2/c13-11(12(14)15)7-9-3-1-2-4-10(9)8-5-6-8/h1-4,8,11H,5-7H2,(H,14,15). The summed E-state index contributed by atoms with van der Waals surface area (Å²) in [5.74, 6) is -0.845. The van der Waals surface area contributed by atoms with E-state index in [-0.39, 0.29) is 6.42 Å². The minimum absolute atomic E-state index is 0.0119. The lowest BCUT2D eigenvalue weighted by Crippen LogP contribution is -2.17. The van der Waals surface area contributed by atoms with Gasteiger partial charge in [-0.3, -0.25) is 0 Å². The van der Waals surface area contributed by atoms with E-state index in [0.717, 1.165) is 24.0 Å². The molecule has 1 saturated carbocycles. The zero-order chi connectivity index (χ0) is 10.8. The van der Waals surface area contributed by atoms with Crippen LogP contribution in [0.1, 0.15) is 29.9 Å². The van der Waals surface area contributed by atoms with Crippen molar-refractivity contribution in [2.24, 2.45) is 0 Å². The predicted molar refractivity (Wildman–Crippen MR) is 54.7 cm³/mol. The Bertz CT molecular complexity index is 372. The molecule has 1 N–H and O–H groups in total. The van der Waals surface area contributed by atoms with Gasteiger partial charge >= 0.3 is 5.97 Å². The fourth-order valence-electron chi connectivity index (χ4n) is 1.79. The quantitative estimate of drug-likeness (QED) is 0.825. The number of alkyl halides is 1. The van der Waals surface area contributed by atoms with Crippen LogP contribution < -0.4 is 0 Å². The maximum Gasteiger partial charge on any atom is 0.338 e. The first kappa shape index (κ1) is 10.1. The van der Waals surface area contributed by atoms with E-state index in [1.165, 1.54) is 0 Å². The van der Waals surface area contributed by atoms with Crippen LogP contribution in [0.15, 0.2) is 24.3 Å². The van der Waals surface area contributed by atoms with Gasteiger partial charge in [-0.1, -0.05) is 24.3 Å². The van der Waals surface area contributed by atoms with Crippen LogP contribution in [0.25, 0.3) is 0 Å². The fourth-order valence-corrected chi connectivity index (χ4v) is 1.79. The smallest absolute Gasteiger partial charge is 0.338 e. The molecule has 1 atom stereocenters. The Labute approximate surface area is 87.7 Å². The molecule has 1 aromatic carbocycles. The van der Waals surface area contributed by atoms with Crippen molar-refractivity contribution in [2.45, 2.75) is 31.4 Å². The third-order valence-electron chi connectivity index (χ3n) is 2.74. The van der Waals surface area contributed by atoms with Gasteiger partial charge in [0.15, 0.2) is 0 Å². The molecule has 3 heteroatoms. The van der Waals surface area contributed by atoms with Crippen molar-refractivity contribution >= 4 is 5.97 Å². The highest BCUT2D eigenvalue weighted by atomic mass is 19.1. The van der Waals surface area contributed by atoms with E-state index in [0.29, 0.717) is 5.92 Å². The Morgan fingerprint density at radius 3 is 2.73 bits per heavy atom. The van der Waals surface area contributed by atoms with Gasteiger partial charge in [-0.05, 0) is 29.9 Å². The molecule has 0 heterocycles. The Morgan fingerprint density at radius 2 is 2.13 bits per heavy atom. The Kier molecular flexibility index (Phi) is 2.71. The van der Waals surface area contributed by atoms with Crippen molar-refractivity contribution in [3.8, 4) is 0 Å². The highest BCUT2D eigenvalue weighted by Gasteiger charge is 2.27. The van der Waals surface area contributed by atoms with E-state index in [1.807, 2.05) is 24.3 Å². The van der Waals surface area contributed by atoms with E-state index in [4.69, 9.17) is 5.11 Å². The molecule has 1 aliphatic carbocycles. The Morgan fingerprint density at radius 1 is 1.47 bits per heavy atom. The van der Waals surface area contributed by atoms with Crippen molar-refractivity contribution in [3.05, 3.63) is 35.4 Å². The number of halogens is 1. The van der Waals surface area contributed by atoms with Gasteiger partial charge in [-0.25, -0.2) is 9.18 Å². The zero-order valence-electron chi connectivity index (χ0n) is 8.32. The molecule has 15 heavy (non-hydrogen) atoms. The first-order valence-corrected chi connectivity index (χ1v) is 5.13. The number of carbonyl (C=O) groups is 1. The third kappa shape index (κ3) is 2.35. The van der Waals surface area contributed by atoms with Crippen LogP contribution in [0.5, 0.6) is 0 Å².